The topological polar surface area (TPSA) is 49.9 Å². The van der Waals surface area contributed by atoms with E-state index in [9.17, 15) is 9.59 Å². The van der Waals surface area contributed by atoms with E-state index < -0.39 is 0 Å². The normalized spacial score (nSPS) is 14.5. The minimum atomic E-state index is -0.0476. The standard InChI is InChI=1S/C23H27ClN2O3/c1-17-3-9-21(10-4-17)29-16-15-25(2)22(27)19-11-13-26(14-12-19)23(28)18-5-7-20(24)8-6-18/h3-10,19H,11-16H2,1-2H3. The maximum atomic E-state index is 12.7. The fourth-order valence-corrected chi connectivity index (χ4v) is 3.59. The number of amides is 2. The van der Waals surface area contributed by atoms with Gasteiger partial charge in [0, 0.05) is 36.6 Å². The largest absolute Gasteiger partial charge is 0.492 e. The van der Waals surface area contributed by atoms with Gasteiger partial charge in [0.15, 0.2) is 0 Å². The van der Waals surface area contributed by atoms with Gasteiger partial charge in [-0.15, -0.1) is 0 Å². The van der Waals surface area contributed by atoms with E-state index in [1.165, 1.54) is 5.56 Å². The van der Waals surface area contributed by atoms with E-state index in [1.807, 2.05) is 43.1 Å². The maximum absolute atomic E-state index is 12.7. The number of hydrogen-bond acceptors (Lipinski definition) is 3. The van der Waals surface area contributed by atoms with E-state index in [0.29, 0.717) is 49.7 Å². The lowest BCUT2D eigenvalue weighted by molar-refractivity contribution is -0.135. The lowest BCUT2D eigenvalue weighted by atomic mass is 9.95. The second-order valence-electron chi connectivity index (χ2n) is 7.49. The van der Waals surface area contributed by atoms with Crippen LogP contribution in [0.3, 0.4) is 0 Å². The molecule has 0 spiro atoms. The van der Waals surface area contributed by atoms with Crippen LogP contribution in [0.1, 0.15) is 28.8 Å². The van der Waals surface area contributed by atoms with E-state index in [1.54, 1.807) is 29.2 Å². The molecule has 0 aliphatic carbocycles. The van der Waals surface area contributed by atoms with Crippen LogP contribution in [0.25, 0.3) is 0 Å². The Kier molecular flexibility index (Phi) is 7.15. The van der Waals surface area contributed by atoms with Crippen LogP contribution < -0.4 is 4.74 Å². The second-order valence-corrected chi connectivity index (χ2v) is 7.93. The number of carbonyl (C=O) groups is 2. The SMILES string of the molecule is Cc1ccc(OCCN(C)C(=O)C2CCN(C(=O)c3ccc(Cl)cc3)CC2)cc1. The summed E-state index contributed by atoms with van der Waals surface area (Å²) in [6.07, 6.45) is 1.36. The van der Waals surface area contributed by atoms with Crippen LogP contribution in [-0.4, -0.2) is 54.9 Å². The molecule has 2 amide bonds. The van der Waals surface area contributed by atoms with Gasteiger partial charge in [0.05, 0.1) is 6.54 Å². The summed E-state index contributed by atoms with van der Waals surface area (Å²) in [5.74, 6) is 0.877. The molecule has 0 N–H and O–H groups in total. The third-order valence-electron chi connectivity index (χ3n) is 5.32. The van der Waals surface area contributed by atoms with E-state index >= 15 is 0 Å². The third-order valence-corrected chi connectivity index (χ3v) is 5.57. The van der Waals surface area contributed by atoms with Crippen molar-refractivity contribution >= 4 is 23.4 Å². The van der Waals surface area contributed by atoms with E-state index in [0.717, 1.165) is 5.75 Å². The molecule has 0 unspecified atom stereocenters. The molecule has 1 aliphatic heterocycles. The molecule has 0 saturated carbocycles. The number of nitrogens with zero attached hydrogens (tertiary/aromatic N) is 2. The molecule has 0 atom stereocenters. The molecule has 2 aromatic carbocycles. The summed E-state index contributed by atoms with van der Waals surface area (Å²) in [5, 5.41) is 0.611. The minimum absolute atomic E-state index is 0.00702. The van der Waals surface area contributed by atoms with Crippen LogP contribution in [0.5, 0.6) is 5.75 Å². The average Bonchev–Trinajstić information content (AvgIpc) is 2.74. The van der Waals surface area contributed by atoms with Gasteiger partial charge in [-0.2, -0.15) is 0 Å². The molecule has 6 heteroatoms. The molecule has 1 heterocycles. The maximum Gasteiger partial charge on any atom is 0.253 e. The predicted molar refractivity (Wildman–Crippen MR) is 114 cm³/mol. The van der Waals surface area contributed by atoms with Gasteiger partial charge in [-0.3, -0.25) is 9.59 Å². The van der Waals surface area contributed by atoms with Gasteiger partial charge in [-0.05, 0) is 56.2 Å². The highest BCUT2D eigenvalue weighted by Crippen LogP contribution is 2.21. The van der Waals surface area contributed by atoms with E-state index in [4.69, 9.17) is 16.3 Å². The van der Waals surface area contributed by atoms with Crippen molar-refractivity contribution in [3.8, 4) is 5.75 Å². The molecule has 3 rings (SSSR count). The second kappa shape index (κ2) is 9.79. The molecular weight excluding hydrogens is 388 g/mol. The van der Waals surface area contributed by atoms with Crippen molar-refractivity contribution < 1.29 is 14.3 Å². The zero-order valence-electron chi connectivity index (χ0n) is 16.9. The van der Waals surface area contributed by atoms with Crippen molar-refractivity contribution in [1.82, 2.24) is 9.80 Å². The zero-order chi connectivity index (χ0) is 20.8. The van der Waals surface area contributed by atoms with Crippen LogP contribution in [-0.2, 0) is 4.79 Å². The number of piperidine rings is 1. The van der Waals surface area contributed by atoms with Crippen LogP contribution in [0, 0.1) is 12.8 Å². The van der Waals surface area contributed by atoms with Crippen molar-refractivity contribution in [1.29, 1.82) is 0 Å². The Labute approximate surface area is 177 Å². The number of ether oxygens (including phenoxy) is 1. The number of carbonyl (C=O) groups excluding carboxylic acids is 2. The van der Waals surface area contributed by atoms with E-state index in [2.05, 4.69) is 0 Å². The lowest BCUT2D eigenvalue weighted by Gasteiger charge is -2.33. The molecule has 1 aliphatic rings. The number of likely N-dealkylation sites (tertiary alicyclic amines) is 1. The summed E-state index contributed by atoms with van der Waals surface area (Å²) in [6.45, 7) is 4.21. The van der Waals surface area contributed by atoms with Gasteiger partial charge in [0.2, 0.25) is 5.91 Å². The molecule has 0 radical (unpaired) electrons. The van der Waals surface area contributed by atoms with Crippen molar-refractivity contribution in [2.24, 2.45) is 5.92 Å². The molecular formula is C23H27ClN2O3. The number of rotatable bonds is 6. The monoisotopic (exact) mass is 414 g/mol. The van der Waals surface area contributed by atoms with Gasteiger partial charge in [-0.1, -0.05) is 29.3 Å². The molecule has 1 fully saturated rings. The molecule has 0 aromatic heterocycles. The summed E-state index contributed by atoms with van der Waals surface area (Å²) in [6, 6.07) is 14.8. The molecule has 5 nitrogen and oxygen atoms in total. The molecule has 2 aromatic rings. The summed E-state index contributed by atoms with van der Waals surface area (Å²) in [5.41, 5.74) is 1.81. The average molecular weight is 415 g/mol. The van der Waals surface area contributed by atoms with Crippen LogP contribution in [0.2, 0.25) is 5.02 Å². The van der Waals surface area contributed by atoms with Crippen LogP contribution >= 0.6 is 11.6 Å². The van der Waals surface area contributed by atoms with Gasteiger partial charge in [-0.25, -0.2) is 0 Å². The molecule has 154 valence electrons. The summed E-state index contributed by atoms with van der Waals surface area (Å²) < 4.78 is 5.72. The predicted octanol–water partition coefficient (Wildman–Crippen LogP) is 4.04. The van der Waals surface area contributed by atoms with Crippen LogP contribution in [0.4, 0.5) is 0 Å². The number of benzene rings is 2. The first-order valence-electron chi connectivity index (χ1n) is 9.93. The van der Waals surface area contributed by atoms with Crippen molar-refractivity contribution in [2.45, 2.75) is 19.8 Å². The Bertz CT molecular complexity index is 828. The van der Waals surface area contributed by atoms with Gasteiger partial charge in [0.1, 0.15) is 12.4 Å². The van der Waals surface area contributed by atoms with Crippen LogP contribution in [0.15, 0.2) is 48.5 Å². The van der Waals surface area contributed by atoms with Crippen molar-refractivity contribution in [2.75, 3.05) is 33.3 Å². The van der Waals surface area contributed by atoms with Crippen molar-refractivity contribution in [3.05, 3.63) is 64.7 Å². The number of likely N-dealkylation sites (N-methyl/N-ethyl adjacent to an activating group) is 1. The quantitative estimate of drug-likeness (QED) is 0.716. The van der Waals surface area contributed by atoms with E-state index in [-0.39, 0.29) is 17.7 Å². The number of hydrogen-bond donors (Lipinski definition) is 0. The summed E-state index contributed by atoms with van der Waals surface area (Å²) in [4.78, 5) is 28.9. The molecule has 29 heavy (non-hydrogen) atoms. The first-order chi connectivity index (χ1) is 13.9. The fourth-order valence-electron chi connectivity index (χ4n) is 3.46. The smallest absolute Gasteiger partial charge is 0.253 e. The Hall–Kier alpha value is -2.53. The first-order valence-corrected chi connectivity index (χ1v) is 10.3. The zero-order valence-corrected chi connectivity index (χ0v) is 17.7. The molecule has 1 saturated heterocycles. The number of halogens is 1. The highest BCUT2D eigenvalue weighted by molar-refractivity contribution is 6.30. The lowest BCUT2D eigenvalue weighted by Crippen LogP contribution is -2.44. The number of aryl methyl sites for hydroxylation is 1. The minimum Gasteiger partial charge on any atom is -0.492 e. The molecule has 0 bridgehead atoms. The van der Waals surface area contributed by atoms with Gasteiger partial charge in [0.25, 0.3) is 5.91 Å². The third kappa shape index (κ3) is 5.73. The first kappa shape index (κ1) is 21.2. The Morgan fingerprint density at radius 1 is 1.07 bits per heavy atom. The Morgan fingerprint density at radius 3 is 2.31 bits per heavy atom. The summed E-state index contributed by atoms with van der Waals surface area (Å²) >= 11 is 5.89. The van der Waals surface area contributed by atoms with Crippen molar-refractivity contribution in [3.63, 3.8) is 0 Å². The fraction of sp³-hybridized carbons (Fsp3) is 0.391. The Balaban J connectivity index is 1.43. The Morgan fingerprint density at radius 2 is 1.69 bits per heavy atom. The highest BCUT2D eigenvalue weighted by atomic mass is 35.5. The van der Waals surface area contributed by atoms with Gasteiger partial charge < -0.3 is 14.5 Å². The van der Waals surface area contributed by atoms with Gasteiger partial charge >= 0.3 is 0 Å². The summed E-state index contributed by atoms with van der Waals surface area (Å²) in [7, 11) is 1.81. The highest BCUT2D eigenvalue weighted by Gasteiger charge is 2.29.